The van der Waals surface area contributed by atoms with Crippen LogP contribution in [0.25, 0.3) is 0 Å². The van der Waals surface area contributed by atoms with Crippen molar-refractivity contribution in [3.63, 3.8) is 0 Å². The average molecular weight is 425 g/mol. The van der Waals surface area contributed by atoms with Gasteiger partial charge in [0, 0.05) is 10.7 Å². The first-order valence-electron chi connectivity index (χ1n) is 7.03. The molecule has 1 aromatic carbocycles. The van der Waals surface area contributed by atoms with E-state index >= 15 is 0 Å². The van der Waals surface area contributed by atoms with Crippen LogP contribution in [0.5, 0.6) is 5.88 Å². The molecule has 3 aromatic rings. The summed E-state index contributed by atoms with van der Waals surface area (Å²) in [5, 5.41) is 10.7. The predicted molar refractivity (Wildman–Crippen MR) is 97.2 cm³/mol. The number of aromatic hydroxyl groups is 1. The summed E-state index contributed by atoms with van der Waals surface area (Å²) in [5.74, 6) is -0.0644. The fraction of sp³-hybridized carbons (Fsp3) is 0.0625. The Morgan fingerprint density at radius 3 is 2.84 bits per heavy atom. The van der Waals surface area contributed by atoms with Crippen LogP contribution in [0.1, 0.15) is 11.3 Å². The van der Waals surface area contributed by atoms with E-state index in [1.807, 2.05) is 0 Å². The molecule has 0 spiro atoms. The summed E-state index contributed by atoms with van der Waals surface area (Å²) in [6, 6.07) is 8.33. The highest BCUT2D eigenvalue weighted by atomic mass is 79.9. The van der Waals surface area contributed by atoms with Gasteiger partial charge in [0.15, 0.2) is 0 Å². The molecule has 0 atom stereocenters. The van der Waals surface area contributed by atoms with E-state index in [4.69, 9.17) is 16.0 Å². The Bertz CT molecular complexity index is 1050. The molecule has 0 radical (unpaired) electrons. The Morgan fingerprint density at radius 2 is 2.16 bits per heavy atom. The van der Waals surface area contributed by atoms with Crippen molar-refractivity contribution in [1.82, 2.24) is 9.55 Å². The number of benzene rings is 1. The van der Waals surface area contributed by atoms with Crippen molar-refractivity contribution in [3.8, 4) is 5.88 Å². The summed E-state index contributed by atoms with van der Waals surface area (Å²) in [7, 11) is 0. The summed E-state index contributed by atoms with van der Waals surface area (Å²) in [4.78, 5) is 30.2. The van der Waals surface area contributed by atoms with Gasteiger partial charge in [-0.25, -0.2) is 4.79 Å². The van der Waals surface area contributed by atoms with Crippen LogP contribution in [0.4, 0.5) is 5.69 Å². The van der Waals surface area contributed by atoms with Gasteiger partial charge in [0.25, 0.3) is 5.56 Å². The SMILES string of the molecule is O=c1[nH]c(=O)n(Cc2ccco2)c(O)c1C=Nc1ccc(Br)cc1Cl. The molecule has 7 nitrogen and oxygen atoms in total. The van der Waals surface area contributed by atoms with Gasteiger partial charge >= 0.3 is 5.69 Å². The van der Waals surface area contributed by atoms with Gasteiger partial charge in [0.2, 0.25) is 5.88 Å². The number of H-pyrrole nitrogens is 1. The van der Waals surface area contributed by atoms with Crippen molar-refractivity contribution < 1.29 is 9.52 Å². The second-order valence-corrected chi connectivity index (χ2v) is 6.34. The van der Waals surface area contributed by atoms with Crippen LogP contribution >= 0.6 is 27.5 Å². The topological polar surface area (TPSA) is 101 Å². The van der Waals surface area contributed by atoms with E-state index < -0.39 is 17.1 Å². The zero-order valence-electron chi connectivity index (χ0n) is 12.6. The number of halogens is 2. The molecule has 2 heterocycles. The lowest BCUT2D eigenvalue weighted by atomic mass is 10.3. The maximum Gasteiger partial charge on any atom is 0.331 e. The Hall–Kier alpha value is -2.58. The third kappa shape index (κ3) is 3.75. The quantitative estimate of drug-likeness (QED) is 0.629. The second kappa shape index (κ2) is 7.12. The lowest BCUT2D eigenvalue weighted by Gasteiger charge is -2.08. The Balaban J connectivity index is 2.02. The van der Waals surface area contributed by atoms with Crippen molar-refractivity contribution in [2.45, 2.75) is 6.54 Å². The Labute approximate surface area is 154 Å². The first-order chi connectivity index (χ1) is 12.0. The number of nitrogens with one attached hydrogen (secondary N) is 1. The molecule has 0 bridgehead atoms. The summed E-state index contributed by atoms with van der Waals surface area (Å²) < 4.78 is 6.91. The maximum absolute atomic E-state index is 12.0. The summed E-state index contributed by atoms with van der Waals surface area (Å²) in [6.45, 7) is -0.0334. The molecule has 0 saturated heterocycles. The van der Waals surface area contributed by atoms with Crippen LogP contribution in [0, 0.1) is 0 Å². The zero-order chi connectivity index (χ0) is 18.0. The highest BCUT2D eigenvalue weighted by Crippen LogP contribution is 2.28. The molecule has 0 aliphatic carbocycles. The smallest absolute Gasteiger partial charge is 0.331 e. The van der Waals surface area contributed by atoms with Gasteiger partial charge in [-0.2, -0.15) is 0 Å². The number of aliphatic imine (C=N–C) groups is 1. The summed E-state index contributed by atoms with van der Waals surface area (Å²) in [5.41, 5.74) is -1.26. The van der Waals surface area contributed by atoms with Crippen molar-refractivity contribution in [2.24, 2.45) is 4.99 Å². The third-order valence-corrected chi connectivity index (χ3v) is 4.14. The molecule has 0 amide bonds. The molecule has 0 unspecified atom stereocenters. The number of rotatable bonds is 4. The largest absolute Gasteiger partial charge is 0.494 e. The molecular formula is C16H11BrClN3O4. The first-order valence-corrected chi connectivity index (χ1v) is 8.20. The van der Waals surface area contributed by atoms with Crippen molar-refractivity contribution in [3.05, 3.63) is 78.3 Å². The van der Waals surface area contributed by atoms with E-state index in [9.17, 15) is 14.7 Å². The van der Waals surface area contributed by atoms with Crippen LogP contribution in [0.15, 0.2) is 60.1 Å². The Kier molecular flexibility index (Phi) is 4.91. The molecule has 0 aliphatic rings. The van der Waals surface area contributed by atoms with Gasteiger partial charge < -0.3 is 9.52 Å². The fourth-order valence-corrected chi connectivity index (χ4v) is 2.84. The van der Waals surface area contributed by atoms with Gasteiger partial charge in [-0.1, -0.05) is 27.5 Å². The third-order valence-electron chi connectivity index (χ3n) is 3.34. The van der Waals surface area contributed by atoms with E-state index in [1.165, 1.54) is 6.26 Å². The molecular weight excluding hydrogens is 414 g/mol. The zero-order valence-corrected chi connectivity index (χ0v) is 14.9. The predicted octanol–water partition coefficient (Wildman–Crippen LogP) is 3.05. The van der Waals surface area contributed by atoms with Crippen LogP contribution in [0.3, 0.4) is 0 Å². The minimum absolute atomic E-state index is 0.0334. The molecule has 0 saturated carbocycles. The average Bonchev–Trinajstić information content (AvgIpc) is 3.06. The number of aromatic amines is 1. The summed E-state index contributed by atoms with van der Waals surface area (Å²) >= 11 is 9.35. The molecule has 25 heavy (non-hydrogen) atoms. The molecule has 3 rings (SSSR count). The van der Waals surface area contributed by atoms with Crippen LogP contribution < -0.4 is 11.2 Å². The van der Waals surface area contributed by atoms with Gasteiger partial charge in [-0.3, -0.25) is 19.3 Å². The van der Waals surface area contributed by atoms with E-state index in [1.54, 1.807) is 30.3 Å². The molecule has 9 heteroatoms. The standard InChI is InChI=1S/C16H11BrClN3O4/c17-9-3-4-13(12(18)6-9)19-7-11-14(22)20-16(24)21(15(11)23)8-10-2-1-5-25-10/h1-7,23H,8H2,(H,20,22,24). The number of nitrogens with zero attached hydrogens (tertiary/aromatic N) is 2. The van der Waals surface area contributed by atoms with E-state index in [2.05, 4.69) is 25.9 Å². The Morgan fingerprint density at radius 1 is 1.36 bits per heavy atom. The normalized spacial score (nSPS) is 11.3. The first kappa shape index (κ1) is 17.2. The minimum Gasteiger partial charge on any atom is -0.494 e. The maximum atomic E-state index is 12.0. The lowest BCUT2D eigenvalue weighted by Crippen LogP contribution is -2.32. The highest BCUT2D eigenvalue weighted by molar-refractivity contribution is 9.10. The van der Waals surface area contributed by atoms with Gasteiger partial charge in [0.1, 0.15) is 11.3 Å². The second-order valence-electron chi connectivity index (χ2n) is 5.02. The number of hydrogen-bond acceptors (Lipinski definition) is 5. The van der Waals surface area contributed by atoms with Gasteiger partial charge in [-0.05, 0) is 30.3 Å². The van der Waals surface area contributed by atoms with E-state index in [0.717, 1.165) is 15.3 Å². The number of furan rings is 1. The molecule has 0 aliphatic heterocycles. The molecule has 2 N–H and O–H groups in total. The fourth-order valence-electron chi connectivity index (χ4n) is 2.12. The molecule has 0 fully saturated rings. The van der Waals surface area contributed by atoms with Gasteiger partial charge in [-0.15, -0.1) is 0 Å². The van der Waals surface area contributed by atoms with E-state index in [0.29, 0.717) is 16.5 Å². The van der Waals surface area contributed by atoms with Gasteiger partial charge in [0.05, 0.1) is 23.5 Å². The van der Waals surface area contributed by atoms with Crippen LogP contribution in [-0.2, 0) is 6.54 Å². The molecule has 2 aromatic heterocycles. The van der Waals surface area contributed by atoms with Crippen LogP contribution in [-0.4, -0.2) is 20.9 Å². The molecule has 128 valence electrons. The van der Waals surface area contributed by atoms with Crippen molar-refractivity contribution in [2.75, 3.05) is 0 Å². The van der Waals surface area contributed by atoms with Crippen LogP contribution in [0.2, 0.25) is 5.02 Å². The minimum atomic E-state index is -0.754. The highest BCUT2D eigenvalue weighted by Gasteiger charge is 2.14. The van der Waals surface area contributed by atoms with E-state index in [-0.39, 0.29) is 12.1 Å². The number of hydrogen-bond donors (Lipinski definition) is 2. The lowest BCUT2D eigenvalue weighted by molar-refractivity contribution is 0.392. The summed E-state index contributed by atoms with van der Waals surface area (Å²) in [6.07, 6.45) is 2.60. The van der Waals surface area contributed by atoms with Crippen molar-refractivity contribution >= 4 is 39.4 Å². The van der Waals surface area contributed by atoms with Crippen molar-refractivity contribution in [1.29, 1.82) is 0 Å². The monoisotopic (exact) mass is 423 g/mol. The number of aromatic nitrogens is 2.